The zero-order valence-electron chi connectivity index (χ0n) is 13.8. The first-order valence-corrected chi connectivity index (χ1v) is 8.88. The van der Waals surface area contributed by atoms with E-state index in [1.54, 1.807) is 0 Å². The number of likely N-dealkylation sites (tertiary alicyclic amines) is 1. The van der Waals surface area contributed by atoms with Gasteiger partial charge in [-0.3, -0.25) is 9.58 Å². The highest BCUT2D eigenvalue weighted by Gasteiger charge is 2.34. The molecule has 2 heterocycles. The summed E-state index contributed by atoms with van der Waals surface area (Å²) in [5.74, 6) is 0. The molecule has 0 aromatic carbocycles. The standard InChI is InChI=1S/C16H29BrN4/c1-5-12-15(17)13(20(4)19-12)11-14(18)16(2,3)21-9-7-6-8-10-21/h14H,5-11,18H2,1-4H3. The molecule has 0 aliphatic carbocycles. The van der Waals surface area contributed by atoms with Crippen LogP contribution >= 0.6 is 15.9 Å². The molecule has 0 radical (unpaired) electrons. The van der Waals surface area contributed by atoms with Crippen LogP contribution in [0.2, 0.25) is 0 Å². The first-order valence-electron chi connectivity index (χ1n) is 8.08. The van der Waals surface area contributed by atoms with Crippen molar-refractivity contribution in [2.45, 2.75) is 64.5 Å². The third-order valence-corrected chi connectivity index (χ3v) is 5.91. The second kappa shape index (κ2) is 6.80. The molecule has 1 aliphatic heterocycles. The lowest BCUT2D eigenvalue weighted by atomic mass is 9.88. The summed E-state index contributed by atoms with van der Waals surface area (Å²) in [7, 11) is 2.01. The van der Waals surface area contributed by atoms with Gasteiger partial charge < -0.3 is 5.73 Å². The topological polar surface area (TPSA) is 47.1 Å². The molecule has 1 aliphatic rings. The summed E-state index contributed by atoms with van der Waals surface area (Å²) < 4.78 is 3.12. The van der Waals surface area contributed by atoms with Gasteiger partial charge in [0.05, 0.1) is 15.9 Å². The monoisotopic (exact) mass is 356 g/mol. The van der Waals surface area contributed by atoms with Crippen molar-refractivity contribution in [3.05, 3.63) is 15.9 Å². The third kappa shape index (κ3) is 3.51. The van der Waals surface area contributed by atoms with Crippen molar-refractivity contribution in [1.29, 1.82) is 0 Å². The van der Waals surface area contributed by atoms with Gasteiger partial charge in [0.2, 0.25) is 0 Å². The molecule has 2 N–H and O–H groups in total. The molecule has 4 nitrogen and oxygen atoms in total. The number of hydrogen-bond donors (Lipinski definition) is 1. The number of hydrogen-bond acceptors (Lipinski definition) is 3. The fraction of sp³-hybridized carbons (Fsp3) is 0.812. The van der Waals surface area contributed by atoms with E-state index >= 15 is 0 Å². The minimum Gasteiger partial charge on any atom is -0.326 e. The Labute approximate surface area is 137 Å². The van der Waals surface area contributed by atoms with E-state index in [0.717, 1.165) is 23.0 Å². The van der Waals surface area contributed by atoms with E-state index in [2.05, 4.69) is 46.7 Å². The summed E-state index contributed by atoms with van der Waals surface area (Å²) >= 11 is 3.70. The first-order chi connectivity index (χ1) is 9.87. The van der Waals surface area contributed by atoms with Gasteiger partial charge in [0, 0.05) is 25.0 Å². The lowest BCUT2D eigenvalue weighted by Crippen LogP contribution is -2.58. The summed E-state index contributed by atoms with van der Waals surface area (Å²) in [6.45, 7) is 9.05. The Kier molecular flexibility index (Phi) is 5.49. The molecule has 120 valence electrons. The minimum atomic E-state index is 0.0243. The van der Waals surface area contributed by atoms with Crippen molar-refractivity contribution in [1.82, 2.24) is 14.7 Å². The summed E-state index contributed by atoms with van der Waals surface area (Å²) in [4.78, 5) is 2.56. The van der Waals surface area contributed by atoms with Crippen LogP contribution in [0.3, 0.4) is 0 Å². The van der Waals surface area contributed by atoms with E-state index in [4.69, 9.17) is 5.73 Å². The Bertz CT molecular complexity index is 475. The molecule has 1 aromatic heterocycles. The van der Waals surface area contributed by atoms with Crippen molar-refractivity contribution in [2.24, 2.45) is 12.8 Å². The van der Waals surface area contributed by atoms with Gasteiger partial charge in [0.1, 0.15) is 0 Å². The summed E-state index contributed by atoms with van der Waals surface area (Å²) in [5, 5.41) is 4.58. The molecule has 5 heteroatoms. The Morgan fingerprint density at radius 1 is 1.29 bits per heavy atom. The molecule has 1 fully saturated rings. The van der Waals surface area contributed by atoms with E-state index < -0.39 is 0 Å². The highest BCUT2D eigenvalue weighted by Crippen LogP contribution is 2.28. The predicted molar refractivity (Wildman–Crippen MR) is 91.5 cm³/mol. The maximum Gasteiger partial charge on any atom is 0.0766 e. The second-order valence-corrected chi connectivity index (χ2v) is 7.49. The van der Waals surface area contributed by atoms with Crippen LogP contribution in [0.5, 0.6) is 0 Å². The molecule has 0 saturated carbocycles. The van der Waals surface area contributed by atoms with Crippen LogP contribution in [0.4, 0.5) is 0 Å². The highest BCUT2D eigenvalue weighted by atomic mass is 79.9. The van der Waals surface area contributed by atoms with Crippen LogP contribution in [0, 0.1) is 0 Å². The molecular formula is C16H29BrN4. The molecule has 0 amide bonds. The average Bonchev–Trinajstić information content (AvgIpc) is 2.75. The smallest absolute Gasteiger partial charge is 0.0766 e. The number of halogens is 1. The number of aromatic nitrogens is 2. The summed E-state index contributed by atoms with van der Waals surface area (Å²) in [6, 6.07) is 0.104. The lowest BCUT2D eigenvalue weighted by Gasteiger charge is -2.44. The van der Waals surface area contributed by atoms with Gasteiger partial charge in [-0.25, -0.2) is 0 Å². The average molecular weight is 357 g/mol. The van der Waals surface area contributed by atoms with Gasteiger partial charge in [-0.2, -0.15) is 5.10 Å². The van der Waals surface area contributed by atoms with Gasteiger partial charge in [0.25, 0.3) is 0 Å². The zero-order chi connectivity index (χ0) is 15.6. The van der Waals surface area contributed by atoms with Gasteiger partial charge in [0.15, 0.2) is 0 Å². The van der Waals surface area contributed by atoms with Gasteiger partial charge in [-0.1, -0.05) is 13.3 Å². The van der Waals surface area contributed by atoms with Crippen molar-refractivity contribution < 1.29 is 0 Å². The quantitative estimate of drug-likeness (QED) is 0.882. The Balaban J connectivity index is 2.13. The van der Waals surface area contributed by atoms with Crippen molar-refractivity contribution in [2.75, 3.05) is 13.1 Å². The fourth-order valence-corrected chi connectivity index (χ4v) is 3.98. The Morgan fingerprint density at radius 3 is 2.43 bits per heavy atom. The number of aryl methyl sites for hydroxylation is 2. The number of piperidine rings is 1. The number of rotatable bonds is 5. The fourth-order valence-electron chi connectivity index (χ4n) is 3.20. The summed E-state index contributed by atoms with van der Waals surface area (Å²) in [6.07, 6.45) is 5.75. The van der Waals surface area contributed by atoms with Crippen LogP contribution < -0.4 is 5.73 Å². The molecule has 2 rings (SSSR count). The van der Waals surface area contributed by atoms with Crippen LogP contribution in [0.1, 0.15) is 51.4 Å². The van der Waals surface area contributed by atoms with Crippen molar-refractivity contribution in [3.8, 4) is 0 Å². The first kappa shape index (κ1) is 17.0. The maximum atomic E-state index is 6.60. The minimum absolute atomic E-state index is 0.0243. The van der Waals surface area contributed by atoms with E-state index in [9.17, 15) is 0 Å². The normalized spacial score (nSPS) is 19.0. The van der Waals surface area contributed by atoms with Crippen LogP contribution in [0.25, 0.3) is 0 Å². The molecule has 1 unspecified atom stereocenters. The van der Waals surface area contributed by atoms with Crippen molar-refractivity contribution >= 4 is 15.9 Å². The summed E-state index contributed by atoms with van der Waals surface area (Å²) in [5.41, 5.74) is 8.96. The van der Waals surface area contributed by atoms with E-state index in [0.29, 0.717) is 0 Å². The van der Waals surface area contributed by atoms with Crippen LogP contribution in [0.15, 0.2) is 4.47 Å². The predicted octanol–water partition coefficient (Wildman–Crippen LogP) is 2.88. The third-order valence-electron chi connectivity index (χ3n) is 4.99. The molecule has 1 atom stereocenters. The lowest BCUT2D eigenvalue weighted by molar-refractivity contribution is 0.0726. The maximum absolute atomic E-state index is 6.60. The molecule has 0 bridgehead atoms. The van der Waals surface area contributed by atoms with Crippen molar-refractivity contribution in [3.63, 3.8) is 0 Å². The highest BCUT2D eigenvalue weighted by molar-refractivity contribution is 9.10. The zero-order valence-corrected chi connectivity index (χ0v) is 15.4. The molecule has 1 saturated heterocycles. The van der Waals surface area contributed by atoms with Gasteiger partial charge >= 0.3 is 0 Å². The number of nitrogens with zero attached hydrogens (tertiary/aromatic N) is 3. The molecule has 0 spiro atoms. The SMILES string of the molecule is CCc1nn(C)c(CC(N)C(C)(C)N2CCCCC2)c1Br. The van der Waals surface area contributed by atoms with Crippen LogP contribution in [-0.2, 0) is 19.9 Å². The van der Waals surface area contributed by atoms with Crippen LogP contribution in [-0.4, -0.2) is 39.4 Å². The Morgan fingerprint density at radius 2 is 1.90 bits per heavy atom. The largest absolute Gasteiger partial charge is 0.326 e. The second-order valence-electron chi connectivity index (χ2n) is 6.70. The van der Waals surface area contributed by atoms with E-state index in [1.165, 1.54) is 38.0 Å². The number of nitrogens with two attached hydrogens (primary N) is 1. The van der Waals surface area contributed by atoms with Gasteiger partial charge in [-0.05, 0) is 62.1 Å². The molecular weight excluding hydrogens is 328 g/mol. The molecule has 21 heavy (non-hydrogen) atoms. The van der Waals surface area contributed by atoms with E-state index in [-0.39, 0.29) is 11.6 Å². The Hall–Kier alpha value is -0.390. The van der Waals surface area contributed by atoms with Gasteiger partial charge in [-0.15, -0.1) is 0 Å². The van der Waals surface area contributed by atoms with E-state index in [1.807, 2.05) is 11.7 Å². The molecule has 1 aromatic rings.